The molecule has 0 saturated carbocycles. The first-order valence-electron chi connectivity index (χ1n) is 7.86. The van der Waals surface area contributed by atoms with Crippen LogP contribution in [0, 0.1) is 0 Å². The SMILES string of the molecule is COc1ccc(CNC(=O)COc2ccc(N(C)S(C)(=O)=O)cc2)cc1. The van der Waals surface area contributed by atoms with E-state index in [9.17, 15) is 13.2 Å². The van der Waals surface area contributed by atoms with Crippen LogP contribution in [-0.4, -0.2) is 41.3 Å². The molecule has 0 unspecified atom stereocenters. The Hall–Kier alpha value is -2.74. The summed E-state index contributed by atoms with van der Waals surface area (Å²) >= 11 is 0. The molecule has 0 aliphatic carbocycles. The Morgan fingerprint density at radius 1 is 1.04 bits per heavy atom. The average Bonchev–Trinajstić information content (AvgIpc) is 2.64. The van der Waals surface area contributed by atoms with Crippen molar-refractivity contribution in [3.63, 3.8) is 0 Å². The normalized spacial score (nSPS) is 10.9. The molecule has 2 aromatic rings. The summed E-state index contributed by atoms with van der Waals surface area (Å²) in [6, 6.07) is 13.9. The smallest absolute Gasteiger partial charge is 0.258 e. The van der Waals surface area contributed by atoms with Gasteiger partial charge in [0.1, 0.15) is 11.5 Å². The summed E-state index contributed by atoms with van der Waals surface area (Å²) < 4.78 is 34.6. The molecule has 0 bridgehead atoms. The van der Waals surface area contributed by atoms with E-state index >= 15 is 0 Å². The number of carbonyl (C=O) groups excluding carboxylic acids is 1. The minimum atomic E-state index is -3.31. The summed E-state index contributed by atoms with van der Waals surface area (Å²) in [6.45, 7) is 0.266. The van der Waals surface area contributed by atoms with Gasteiger partial charge in [0.25, 0.3) is 5.91 Å². The van der Waals surface area contributed by atoms with Crippen molar-refractivity contribution in [2.75, 3.05) is 31.3 Å². The third-order valence-corrected chi connectivity index (χ3v) is 4.92. The van der Waals surface area contributed by atoms with Gasteiger partial charge in [-0.1, -0.05) is 12.1 Å². The van der Waals surface area contributed by atoms with Crippen molar-refractivity contribution in [1.82, 2.24) is 5.32 Å². The number of amides is 1. The Kier molecular flexibility index (Phi) is 6.46. The maximum atomic E-state index is 11.9. The molecule has 0 saturated heterocycles. The highest BCUT2D eigenvalue weighted by Crippen LogP contribution is 2.20. The zero-order chi connectivity index (χ0) is 19.2. The van der Waals surface area contributed by atoms with Gasteiger partial charge in [-0.2, -0.15) is 0 Å². The standard InChI is InChI=1S/C18H22N2O5S/c1-20(26(3,22)23)15-6-10-17(11-7-15)25-13-18(21)19-12-14-4-8-16(24-2)9-5-14/h4-11H,12-13H2,1-3H3,(H,19,21). The molecule has 0 aromatic heterocycles. The molecule has 2 aromatic carbocycles. The van der Waals surface area contributed by atoms with Gasteiger partial charge in [0.15, 0.2) is 6.61 Å². The second-order valence-corrected chi connectivity index (χ2v) is 7.65. The molecule has 1 amide bonds. The zero-order valence-corrected chi connectivity index (χ0v) is 15.7. The van der Waals surface area contributed by atoms with Crippen LogP contribution >= 0.6 is 0 Å². The van der Waals surface area contributed by atoms with Gasteiger partial charge in [0.05, 0.1) is 19.1 Å². The van der Waals surface area contributed by atoms with Crippen LogP contribution < -0.4 is 19.1 Å². The quantitative estimate of drug-likeness (QED) is 0.757. The van der Waals surface area contributed by atoms with Crippen molar-refractivity contribution in [1.29, 1.82) is 0 Å². The van der Waals surface area contributed by atoms with Gasteiger partial charge in [0.2, 0.25) is 10.0 Å². The van der Waals surface area contributed by atoms with Crippen molar-refractivity contribution in [3.8, 4) is 11.5 Å². The Morgan fingerprint density at radius 2 is 1.62 bits per heavy atom. The maximum Gasteiger partial charge on any atom is 0.258 e. The molecule has 26 heavy (non-hydrogen) atoms. The number of hydrogen-bond acceptors (Lipinski definition) is 5. The van der Waals surface area contributed by atoms with Gasteiger partial charge in [-0.05, 0) is 42.0 Å². The van der Waals surface area contributed by atoms with E-state index in [2.05, 4.69) is 5.32 Å². The van der Waals surface area contributed by atoms with Crippen molar-refractivity contribution >= 4 is 21.6 Å². The Balaban J connectivity index is 1.81. The molecule has 140 valence electrons. The average molecular weight is 378 g/mol. The van der Waals surface area contributed by atoms with Gasteiger partial charge < -0.3 is 14.8 Å². The van der Waals surface area contributed by atoms with Crippen LogP contribution in [0.3, 0.4) is 0 Å². The van der Waals surface area contributed by atoms with Gasteiger partial charge in [-0.3, -0.25) is 9.10 Å². The second-order valence-electron chi connectivity index (χ2n) is 5.64. The third kappa shape index (κ3) is 5.66. The predicted molar refractivity (Wildman–Crippen MR) is 100 cm³/mol. The van der Waals surface area contributed by atoms with Crippen molar-refractivity contribution in [3.05, 3.63) is 54.1 Å². The van der Waals surface area contributed by atoms with Gasteiger partial charge in [0, 0.05) is 13.6 Å². The molecule has 1 N–H and O–H groups in total. The summed E-state index contributed by atoms with van der Waals surface area (Å²) in [7, 11) is -0.245. The maximum absolute atomic E-state index is 11.9. The first-order chi connectivity index (χ1) is 12.3. The monoisotopic (exact) mass is 378 g/mol. The van der Waals surface area contributed by atoms with Gasteiger partial charge in [-0.15, -0.1) is 0 Å². The lowest BCUT2D eigenvalue weighted by Gasteiger charge is -2.16. The molecular weight excluding hydrogens is 356 g/mol. The Labute approximate surface area is 153 Å². The minimum Gasteiger partial charge on any atom is -0.497 e. The van der Waals surface area contributed by atoms with E-state index in [1.54, 1.807) is 31.4 Å². The summed E-state index contributed by atoms with van der Waals surface area (Å²) in [4.78, 5) is 11.9. The van der Waals surface area contributed by atoms with E-state index in [0.29, 0.717) is 18.0 Å². The van der Waals surface area contributed by atoms with Crippen molar-refractivity contribution in [2.45, 2.75) is 6.54 Å². The van der Waals surface area contributed by atoms with E-state index in [4.69, 9.17) is 9.47 Å². The topological polar surface area (TPSA) is 84.9 Å². The molecule has 0 radical (unpaired) electrons. The number of nitrogens with one attached hydrogen (secondary N) is 1. The number of nitrogens with zero attached hydrogens (tertiary/aromatic N) is 1. The van der Waals surface area contributed by atoms with E-state index in [1.165, 1.54) is 11.4 Å². The molecule has 0 atom stereocenters. The fraction of sp³-hybridized carbons (Fsp3) is 0.278. The van der Waals surface area contributed by atoms with E-state index in [-0.39, 0.29) is 12.5 Å². The zero-order valence-electron chi connectivity index (χ0n) is 14.9. The molecule has 7 nitrogen and oxygen atoms in total. The first-order valence-corrected chi connectivity index (χ1v) is 9.71. The molecule has 0 fully saturated rings. The number of hydrogen-bond donors (Lipinski definition) is 1. The van der Waals surface area contributed by atoms with Crippen LogP contribution in [0.4, 0.5) is 5.69 Å². The molecule has 8 heteroatoms. The van der Waals surface area contributed by atoms with E-state index in [0.717, 1.165) is 17.6 Å². The van der Waals surface area contributed by atoms with E-state index < -0.39 is 10.0 Å². The summed E-state index contributed by atoms with van der Waals surface area (Å²) in [5.74, 6) is 0.988. The Bertz CT molecular complexity index is 833. The summed E-state index contributed by atoms with van der Waals surface area (Å²) in [5, 5.41) is 2.76. The lowest BCUT2D eigenvalue weighted by atomic mass is 10.2. The van der Waals surface area contributed by atoms with Gasteiger partial charge >= 0.3 is 0 Å². The third-order valence-electron chi connectivity index (χ3n) is 3.72. The molecule has 0 aliphatic heterocycles. The van der Waals surface area contributed by atoms with Gasteiger partial charge in [-0.25, -0.2) is 8.42 Å². The highest BCUT2D eigenvalue weighted by Gasteiger charge is 2.11. The number of carbonyl (C=O) groups is 1. The Morgan fingerprint density at radius 3 is 2.15 bits per heavy atom. The minimum absolute atomic E-state index is 0.128. The molecule has 2 rings (SSSR count). The number of anilines is 1. The van der Waals surface area contributed by atoms with Crippen LogP contribution in [0.2, 0.25) is 0 Å². The largest absolute Gasteiger partial charge is 0.497 e. The number of sulfonamides is 1. The highest BCUT2D eigenvalue weighted by molar-refractivity contribution is 7.92. The van der Waals surface area contributed by atoms with Crippen LogP contribution in [0.1, 0.15) is 5.56 Å². The lowest BCUT2D eigenvalue weighted by Crippen LogP contribution is -2.28. The van der Waals surface area contributed by atoms with Crippen molar-refractivity contribution < 1.29 is 22.7 Å². The predicted octanol–water partition coefficient (Wildman–Crippen LogP) is 1.79. The number of rotatable bonds is 8. The molecule has 0 spiro atoms. The summed E-state index contributed by atoms with van der Waals surface area (Å²) in [5.41, 5.74) is 1.47. The first kappa shape index (κ1) is 19.6. The van der Waals surface area contributed by atoms with Crippen LogP contribution in [0.5, 0.6) is 11.5 Å². The molecule has 0 heterocycles. The number of ether oxygens (including phenoxy) is 2. The number of methoxy groups -OCH3 is 1. The van der Waals surface area contributed by atoms with Crippen molar-refractivity contribution in [2.24, 2.45) is 0 Å². The van der Waals surface area contributed by atoms with Crippen LogP contribution in [0.25, 0.3) is 0 Å². The molecule has 0 aliphatic rings. The number of benzene rings is 2. The van der Waals surface area contributed by atoms with E-state index in [1.807, 2.05) is 24.3 Å². The van der Waals surface area contributed by atoms with Crippen LogP contribution in [-0.2, 0) is 21.4 Å². The summed E-state index contributed by atoms with van der Waals surface area (Å²) in [6.07, 6.45) is 1.13. The fourth-order valence-electron chi connectivity index (χ4n) is 2.09. The second kappa shape index (κ2) is 8.57. The lowest BCUT2D eigenvalue weighted by molar-refractivity contribution is -0.123. The fourth-order valence-corrected chi connectivity index (χ4v) is 2.59. The molecular formula is C18H22N2O5S. The highest BCUT2D eigenvalue weighted by atomic mass is 32.2. The van der Waals surface area contributed by atoms with Crippen LogP contribution in [0.15, 0.2) is 48.5 Å².